The molecule has 0 fully saturated rings. The number of furan rings is 1. The van der Waals surface area contributed by atoms with E-state index >= 15 is 0 Å². The molecule has 154 valence electrons. The summed E-state index contributed by atoms with van der Waals surface area (Å²) in [6.07, 6.45) is 5.07. The fraction of sp³-hybridized carbons (Fsp3) is 0.0909. The number of benzene rings is 1. The first-order valence-corrected chi connectivity index (χ1v) is 10.4. The van der Waals surface area contributed by atoms with Gasteiger partial charge in [-0.2, -0.15) is 0 Å². The normalized spacial score (nSPS) is 11.2. The maximum atomic E-state index is 12.0. The summed E-state index contributed by atoms with van der Waals surface area (Å²) in [6, 6.07) is 13.7. The number of phenols is 1. The quantitative estimate of drug-likeness (QED) is 0.316. The number of pyridine rings is 1. The second-order valence-electron chi connectivity index (χ2n) is 6.77. The predicted octanol–water partition coefficient (Wildman–Crippen LogP) is 4.09. The number of hydrogen-bond donors (Lipinski definition) is 1. The highest BCUT2D eigenvalue weighted by atomic mass is 32.2. The molecular formula is C22H16N4O4S. The Labute approximate surface area is 180 Å². The summed E-state index contributed by atoms with van der Waals surface area (Å²) in [5.41, 5.74) is 1.50. The van der Waals surface area contributed by atoms with Crippen molar-refractivity contribution in [2.75, 3.05) is 0 Å². The Bertz CT molecular complexity index is 1390. The van der Waals surface area contributed by atoms with Gasteiger partial charge in [-0.25, -0.2) is 4.79 Å². The van der Waals surface area contributed by atoms with E-state index < -0.39 is 5.63 Å². The molecule has 1 aromatic carbocycles. The van der Waals surface area contributed by atoms with Crippen LogP contribution in [0.4, 0.5) is 0 Å². The first-order valence-electron chi connectivity index (χ1n) is 9.42. The van der Waals surface area contributed by atoms with Crippen LogP contribution >= 0.6 is 11.8 Å². The molecule has 0 saturated heterocycles. The summed E-state index contributed by atoms with van der Waals surface area (Å²) in [4.78, 5) is 16.2. The molecule has 0 aliphatic carbocycles. The van der Waals surface area contributed by atoms with Crippen molar-refractivity contribution in [3.8, 4) is 17.1 Å². The summed E-state index contributed by atoms with van der Waals surface area (Å²) in [6.45, 7) is 0.456. The van der Waals surface area contributed by atoms with E-state index in [1.54, 1.807) is 30.8 Å². The molecule has 8 nitrogen and oxygen atoms in total. The van der Waals surface area contributed by atoms with Crippen LogP contribution in [0.25, 0.3) is 22.4 Å². The SMILES string of the molecule is O=c1cc(CSc2nnc(-c3cccnc3)n2Cc2ccco2)c2ccc(O)cc2o1. The molecule has 5 rings (SSSR count). The highest BCUT2D eigenvalue weighted by molar-refractivity contribution is 7.98. The van der Waals surface area contributed by atoms with Crippen LogP contribution in [0.2, 0.25) is 0 Å². The molecule has 4 aromatic heterocycles. The maximum absolute atomic E-state index is 12.0. The van der Waals surface area contributed by atoms with Crippen LogP contribution in [0.15, 0.2) is 86.0 Å². The summed E-state index contributed by atoms with van der Waals surface area (Å²) in [5.74, 6) is 1.96. The lowest BCUT2D eigenvalue weighted by Crippen LogP contribution is -2.04. The molecule has 0 atom stereocenters. The summed E-state index contributed by atoms with van der Waals surface area (Å²) < 4.78 is 12.7. The Balaban J connectivity index is 1.50. The van der Waals surface area contributed by atoms with Gasteiger partial charge in [-0.3, -0.25) is 9.55 Å². The molecule has 0 aliphatic rings. The first kappa shape index (κ1) is 19.1. The first-order chi connectivity index (χ1) is 15.2. The molecule has 4 heterocycles. The highest BCUT2D eigenvalue weighted by Crippen LogP contribution is 2.30. The van der Waals surface area contributed by atoms with Crippen molar-refractivity contribution >= 4 is 22.7 Å². The number of rotatable bonds is 6. The number of hydrogen-bond acceptors (Lipinski definition) is 8. The molecule has 0 spiro atoms. The largest absolute Gasteiger partial charge is 0.508 e. The number of fused-ring (bicyclic) bond motifs is 1. The molecule has 0 saturated carbocycles. The van der Waals surface area contributed by atoms with Gasteiger partial charge in [0.05, 0.1) is 12.8 Å². The second kappa shape index (κ2) is 8.11. The highest BCUT2D eigenvalue weighted by Gasteiger charge is 2.17. The van der Waals surface area contributed by atoms with Crippen molar-refractivity contribution in [1.29, 1.82) is 0 Å². The van der Waals surface area contributed by atoms with Crippen LogP contribution < -0.4 is 5.63 Å². The van der Waals surface area contributed by atoms with E-state index in [0.717, 1.165) is 22.3 Å². The predicted molar refractivity (Wildman–Crippen MR) is 115 cm³/mol. The maximum Gasteiger partial charge on any atom is 0.336 e. The zero-order valence-electron chi connectivity index (χ0n) is 16.1. The standard InChI is InChI=1S/C22H16N4O4S/c27-16-5-6-18-15(9-20(28)30-19(18)10-16)13-31-22-25-24-21(14-3-1-7-23-11-14)26(22)12-17-4-2-8-29-17/h1-11,27H,12-13H2. The monoisotopic (exact) mass is 432 g/mol. The van der Waals surface area contributed by atoms with Crippen molar-refractivity contribution in [3.05, 3.63) is 88.9 Å². The molecular weight excluding hydrogens is 416 g/mol. The van der Waals surface area contributed by atoms with Gasteiger partial charge in [-0.15, -0.1) is 10.2 Å². The summed E-state index contributed by atoms with van der Waals surface area (Å²) in [5, 5.41) is 19.9. The average molecular weight is 432 g/mol. The fourth-order valence-corrected chi connectivity index (χ4v) is 4.21. The average Bonchev–Trinajstić information content (AvgIpc) is 3.42. The third kappa shape index (κ3) is 3.95. The van der Waals surface area contributed by atoms with Gasteiger partial charge >= 0.3 is 5.63 Å². The van der Waals surface area contributed by atoms with Crippen molar-refractivity contribution in [2.45, 2.75) is 17.5 Å². The minimum Gasteiger partial charge on any atom is -0.508 e. The van der Waals surface area contributed by atoms with E-state index in [1.807, 2.05) is 28.8 Å². The Morgan fingerprint density at radius 2 is 2.03 bits per heavy atom. The molecule has 0 bridgehead atoms. The smallest absolute Gasteiger partial charge is 0.336 e. The van der Waals surface area contributed by atoms with Crippen LogP contribution in [0.5, 0.6) is 5.75 Å². The van der Waals surface area contributed by atoms with Gasteiger partial charge in [0.2, 0.25) is 0 Å². The van der Waals surface area contributed by atoms with Gasteiger partial charge in [0.15, 0.2) is 11.0 Å². The second-order valence-corrected chi connectivity index (χ2v) is 7.72. The van der Waals surface area contributed by atoms with E-state index in [1.165, 1.54) is 23.9 Å². The molecule has 0 radical (unpaired) electrons. The Morgan fingerprint density at radius 1 is 1.10 bits per heavy atom. The molecule has 5 aromatic rings. The lowest BCUT2D eigenvalue weighted by Gasteiger charge is -2.09. The fourth-order valence-electron chi connectivity index (χ4n) is 3.29. The molecule has 1 N–H and O–H groups in total. The van der Waals surface area contributed by atoms with Crippen molar-refractivity contribution < 1.29 is 13.9 Å². The van der Waals surface area contributed by atoms with Gasteiger partial charge < -0.3 is 13.9 Å². The minimum absolute atomic E-state index is 0.0414. The van der Waals surface area contributed by atoms with Gasteiger partial charge in [-0.05, 0) is 42.0 Å². The van der Waals surface area contributed by atoms with E-state index in [-0.39, 0.29) is 5.75 Å². The van der Waals surface area contributed by atoms with Crippen molar-refractivity contribution in [2.24, 2.45) is 0 Å². The number of thioether (sulfide) groups is 1. The third-order valence-corrected chi connectivity index (χ3v) is 5.72. The molecule has 0 amide bonds. The van der Waals surface area contributed by atoms with Gasteiger partial charge in [0.1, 0.15) is 17.1 Å². The summed E-state index contributed by atoms with van der Waals surface area (Å²) in [7, 11) is 0. The van der Waals surface area contributed by atoms with Crippen LogP contribution in [0, 0.1) is 0 Å². The van der Waals surface area contributed by atoms with Gasteiger partial charge in [0, 0.05) is 41.2 Å². The van der Waals surface area contributed by atoms with Crippen molar-refractivity contribution in [1.82, 2.24) is 19.7 Å². The van der Waals surface area contributed by atoms with Gasteiger partial charge in [-0.1, -0.05) is 11.8 Å². The Kier molecular flexibility index (Phi) is 5.01. The lowest BCUT2D eigenvalue weighted by molar-refractivity contribution is 0.473. The topological polar surface area (TPSA) is 107 Å². The number of nitrogens with zero attached hydrogens (tertiary/aromatic N) is 4. The number of aromatic nitrogens is 4. The van der Waals surface area contributed by atoms with Gasteiger partial charge in [0.25, 0.3) is 0 Å². The summed E-state index contributed by atoms with van der Waals surface area (Å²) >= 11 is 1.45. The Hall–Kier alpha value is -3.85. The van der Waals surface area contributed by atoms with Crippen LogP contribution in [-0.2, 0) is 12.3 Å². The molecule has 31 heavy (non-hydrogen) atoms. The van der Waals surface area contributed by atoms with Crippen LogP contribution in [0.3, 0.4) is 0 Å². The lowest BCUT2D eigenvalue weighted by atomic mass is 10.1. The van der Waals surface area contributed by atoms with E-state index in [4.69, 9.17) is 8.83 Å². The zero-order chi connectivity index (χ0) is 21.2. The number of phenolic OH excluding ortho intramolecular Hbond substituents is 1. The van der Waals surface area contributed by atoms with Crippen LogP contribution in [0.1, 0.15) is 11.3 Å². The van der Waals surface area contributed by atoms with Crippen LogP contribution in [-0.4, -0.2) is 24.9 Å². The van der Waals surface area contributed by atoms with E-state index in [9.17, 15) is 9.90 Å². The molecule has 0 aliphatic heterocycles. The number of aromatic hydroxyl groups is 1. The molecule has 9 heteroatoms. The third-order valence-electron chi connectivity index (χ3n) is 4.70. The van der Waals surface area contributed by atoms with E-state index in [0.29, 0.717) is 28.9 Å². The van der Waals surface area contributed by atoms with E-state index in [2.05, 4.69) is 15.2 Å². The zero-order valence-corrected chi connectivity index (χ0v) is 17.0. The van der Waals surface area contributed by atoms with Crippen molar-refractivity contribution in [3.63, 3.8) is 0 Å². The Morgan fingerprint density at radius 3 is 2.84 bits per heavy atom. The molecule has 0 unspecified atom stereocenters. The minimum atomic E-state index is -0.471.